The average molecular weight is 915 g/mol. The Balaban J connectivity index is 0.818. The summed E-state index contributed by atoms with van der Waals surface area (Å²) < 4.78 is 78.6. The zero-order valence-electron chi connectivity index (χ0n) is 35.2. The summed E-state index contributed by atoms with van der Waals surface area (Å²) in [5, 5.41) is 13.9. The number of aromatic nitrogens is 2. The number of halogens is 3. The number of nitrogens with zero attached hydrogens (tertiary/aromatic N) is 5. The number of hydrogen-bond acceptors (Lipinski definition) is 11. The summed E-state index contributed by atoms with van der Waals surface area (Å²) in [6.07, 6.45) is 1.54. The number of H-pyrrole nitrogens is 1. The van der Waals surface area contributed by atoms with E-state index in [4.69, 9.17) is 4.74 Å². The van der Waals surface area contributed by atoms with Gasteiger partial charge in [-0.2, -0.15) is 12.7 Å². The molecule has 340 valence electrons. The zero-order chi connectivity index (χ0) is 45.7. The van der Waals surface area contributed by atoms with Crippen LogP contribution in [0.4, 0.5) is 24.5 Å². The monoisotopic (exact) mass is 914 g/mol. The van der Waals surface area contributed by atoms with Crippen LogP contribution in [0.25, 0.3) is 22.2 Å². The number of ketones is 1. The van der Waals surface area contributed by atoms with Crippen molar-refractivity contribution in [1.29, 1.82) is 0 Å². The van der Waals surface area contributed by atoms with E-state index in [1.807, 2.05) is 29.0 Å². The predicted octanol–water partition coefficient (Wildman–Crippen LogP) is 4.45. The molecule has 9 rings (SSSR count). The van der Waals surface area contributed by atoms with Gasteiger partial charge in [-0.15, -0.1) is 0 Å². The molecule has 0 bridgehead atoms. The first-order valence-electron chi connectivity index (χ1n) is 21.2. The lowest BCUT2D eigenvalue weighted by Gasteiger charge is -2.36. The molecule has 4 aliphatic rings. The number of piperazine rings is 1. The molecule has 6 heterocycles. The second-order valence-corrected chi connectivity index (χ2v) is 18.3. The van der Waals surface area contributed by atoms with Crippen LogP contribution in [0.3, 0.4) is 0 Å². The largest absolute Gasteiger partial charge is 0.496 e. The summed E-state index contributed by atoms with van der Waals surface area (Å²) in [5.41, 5.74) is 2.65. The van der Waals surface area contributed by atoms with E-state index in [1.165, 1.54) is 18.2 Å². The van der Waals surface area contributed by atoms with Crippen molar-refractivity contribution < 1.29 is 50.6 Å². The number of amides is 3. The summed E-state index contributed by atoms with van der Waals surface area (Å²) in [6, 6.07) is 13.8. The minimum Gasteiger partial charge on any atom is -0.496 e. The maximum absolute atomic E-state index is 15.8. The number of benzene rings is 3. The number of pyridine rings is 1. The smallest absolute Gasteiger partial charge is 0.301 e. The Morgan fingerprint density at radius 1 is 1.00 bits per heavy atom. The first-order chi connectivity index (χ1) is 31.2. The van der Waals surface area contributed by atoms with E-state index >= 15 is 8.78 Å². The summed E-state index contributed by atoms with van der Waals surface area (Å²) in [5.74, 6) is -4.50. The van der Waals surface area contributed by atoms with E-state index in [9.17, 15) is 37.1 Å². The number of imide groups is 1. The Labute approximate surface area is 371 Å². The number of hydrogen-bond donors (Lipinski definition) is 4. The van der Waals surface area contributed by atoms with Crippen molar-refractivity contribution in [2.24, 2.45) is 0 Å². The summed E-state index contributed by atoms with van der Waals surface area (Å²) >= 11 is 0. The van der Waals surface area contributed by atoms with Gasteiger partial charge in [0.05, 0.1) is 30.0 Å². The van der Waals surface area contributed by atoms with Crippen molar-refractivity contribution in [3.05, 3.63) is 106 Å². The highest BCUT2D eigenvalue weighted by Gasteiger charge is 2.41. The van der Waals surface area contributed by atoms with Gasteiger partial charge < -0.3 is 24.6 Å². The molecule has 0 unspecified atom stereocenters. The van der Waals surface area contributed by atoms with Gasteiger partial charge in [0.25, 0.3) is 5.91 Å². The number of fused-ring (bicyclic) bond motifs is 2. The second-order valence-electron chi connectivity index (χ2n) is 16.6. The van der Waals surface area contributed by atoms with Crippen molar-refractivity contribution in [2.75, 3.05) is 62.5 Å². The molecule has 3 fully saturated rings. The molecule has 0 radical (unpaired) electrons. The first-order valence-corrected chi connectivity index (χ1v) is 22.7. The van der Waals surface area contributed by atoms with Crippen LogP contribution in [-0.4, -0.2) is 126 Å². The zero-order valence-corrected chi connectivity index (χ0v) is 36.0. The number of nitrogens with one attached hydrogen (secondary N) is 3. The van der Waals surface area contributed by atoms with Crippen LogP contribution in [0.1, 0.15) is 69.2 Å². The van der Waals surface area contributed by atoms with Gasteiger partial charge in [0.1, 0.15) is 29.4 Å². The van der Waals surface area contributed by atoms with Gasteiger partial charge in [0, 0.05) is 93.4 Å². The molecule has 65 heavy (non-hydrogen) atoms. The van der Waals surface area contributed by atoms with E-state index in [1.54, 1.807) is 24.4 Å². The van der Waals surface area contributed by atoms with Crippen molar-refractivity contribution in [3.8, 4) is 16.9 Å². The Bertz CT molecular complexity index is 2840. The topological polar surface area (TPSA) is 198 Å². The molecule has 0 saturated carbocycles. The highest BCUT2D eigenvalue weighted by atomic mass is 32.2. The number of piperidine rings is 1. The molecule has 3 amide bonds. The van der Waals surface area contributed by atoms with Gasteiger partial charge >= 0.3 is 10.2 Å². The van der Waals surface area contributed by atoms with Crippen LogP contribution >= 0.6 is 0 Å². The highest BCUT2D eigenvalue weighted by Crippen LogP contribution is 2.37. The number of aliphatic hydroxyl groups excluding tert-OH is 1. The van der Waals surface area contributed by atoms with Gasteiger partial charge in [0.2, 0.25) is 17.6 Å². The lowest BCUT2D eigenvalue weighted by atomic mass is 9.99. The van der Waals surface area contributed by atoms with Gasteiger partial charge in [-0.05, 0) is 72.4 Å². The molecule has 4 N–H and O–H groups in total. The molecular formula is C45H45F3N8O8S. The van der Waals surface area contributed by atoms with E-state index < -0.39 is 69.6 Å². The Hall–Kier alpha value is -6.35. The van der Waals surface area contributed by atoms with Gasteiger partial charge in [-0.1, -0.05) is 18.2 Å². The van der Waals surface area contributed by atoms with Crippen molar-refractivity contribution >= 4 is 56.1 Å². The fraction of sp³-hybridized carbons (Fsp3) is 0.356. The first kappa shape index (κ1) is 43.9. The third-order valence-corrected chi connectivity index (χ3v) is 14.1. The fourth-order valence-corrected chi connectivity index (χ4v) is 10.3. The Morgan fingerprint density at radius 2 is 1.77 bits per heavy atom. The molecule has 20 heteroatoms. The van der Waals surface area contributed by atoms with E-state index in [0.29, 0.717) is 52.0 Å². The van der Waals surface area contributed by atoms with E-state index in [2.05, 4.69) is 25.1 Å². The SMILES string of the molecule is COc1cc([C@@H](O)CCN2CCN(c3ccc(-c4cnc5[nH]cc(C(=O)c6c(F)ccc(NS(=O)(=O)N7CC[C@@H](F)C7)c6F)c5c4)cc3)CC2)cc2c1C(=O)N([C@@H]1CCC(=O)NC1=O)C2. The molecule has 0 aliphatic carbocycles. The number of alkyl halides is 1. The van der Waals surface area contributed by atoms with Crippen LogP contribution in [0.15, 0.2) is 67.0 Å². The summed E-state index contributed by atoms with van der Waals surface area (Å²) in [6.45, 7) is 3.24. The fourth-order valence-electron chi connectivity index (χ4n) is 9.05. The van der Waals surface area contributed by atoms with Crippen molar-refractivity contribution in [3.63, 3.8) is 0 Å². The number of rotatable bonds is 13. The number of methoxy groups -OCH3 is 1. The molecule has 3 atom stereocenters. The average Bonchev–Trinajstić information content (AvgIpc) is 4.03. The molecule has 4 aliphatic heterocycles. The summed E-state index contributed by atoms with van der Waals surface area (Å²) in [7, 11) is -2.91. The molecule has 5 aromatic rings. The highest BCUT2D eigenvalue weighted by molar-refractivity contribution is 7.90. The van der Waals surface area contributed by atoms with Crippen molar-refractivity contribution in [2.45, 2.75) is 50.5 Å². The van der Waals surface area contributed by atoms with Crippen LogP contribution in [0, 0.1) is 11.6 Å². The number of carbonyl (C=O) groups excluding carboxylic acids is 4. The molecule has 16 nitrogen and oxygen atoms in total. The molecule has 3 aromatic carbocycles. The predicted molar refractivity (Wildman–Crippen MR) is 232 cm³/mol. The van der Waals surface area contributed by atoms with Crippen LogP contribution in [-0.2, 0) is 26.3 Å². The van der Waals surface area contributed by atoms with Gasteiger partial charge in [-0.25, -0.2) is 18.2 Å². The maximum Gasteiger partial charge on any atom is 0.301 e. The molecule has 2 aromatic heterocycles. The van der Waals surface area contributed by atoms with E-state index in [-0.39, 0.29) is 49.7 Å². The number of ether oxygens (including phenoxy) is 1. The quantitative estimate of drug-likeness (QED) is 0.0962. The molecule has 3 saturated heterocycles. The lowest BCUT2D eigenvalue weighted by Crippen LogP contribution is -2.52. The number of aliphatic hydroxyl groups is 1. The number of carbonyl (C=O) groups is 4. The Kier molecular flexibility index (Phi) is 11.9. The Morgan fingerprint density at radius 3 is 2.48 bits per heavy atom. The minimum atomic E-state index is -4.37. The maximum atomic E-state index is 15.8. The molecule has 0 spiro atoms. The lowest BCUT2D eigenvalue weighted by molar-refractivity contribution is -0.136. The third kappa shape index (κ3) is 8.53. The van der Waals surface area contributed by atoms with Crippen LogP contribution in [0.5, 0.6) is 5.75 Å². The summed E-state index contributed by atoms with van der Waals surface area (Å²) in [4.78, 5) is 64.6. The third-order valence-electron chi connectivity index (χ3n) is 12.6. The standard InChI is InChI=1S/C45H45F3N8O8S/c1-64-37-20-26(18-28-23-56(45(61)39(28)37)35-8-9-38(58)51-44(35)60)36(57)11-12-53-14-16-54(17-15-53)30-4-2-25(3-5-30)27-19-31-32(22-50-43(31)49-21-27)42(59)40-33(47)6-7-34(41(40)48)52-65(62,63)55-13-10-29(46)24-55/h2-7,18-22,29,35-36,52,57H,8-17,23-24H2,1H3,(H,49,50)(H,51,58,60)/t29-,35-,36+/m1/s1. The second kappa shape index (κ2) is 17.6. The van der Waals surface area contributed by atoms with Crippen LogP contribution in [0.2, 0.25) is 0 Å². The number of aromatic amines is 1. The normalized spacial score (nSPS) is 20.0. The van der Waals surface area contributed by atoms with E-state index in [0.717, 1.165) is 53.9 Å². The number of anilines is 2. The van der Waals surface area contributed by atoms with Crippen LogP contribution < -0.4 is 19.7 Å². The molecular weight excluding hydrogens is 870 g/mol. The van der Waals surface area contributed by atoms with Crippen molar-refractivity contribution in [1.82, 2.24) is 29.4 Å². The minimum absolute atomic E-state index is 0.00822. The van der Waals surface area contributed by atoms with Gasteiger partial charge in [0.15, 0.2) is 5.82 Å². The van der Waals surface area contributed by atoms with Gasteiger partial charge in [-0.3, -0.25) is 34.1 Å².